The van der Waals surface area contributed by atoms with Gasteiger partial charge in [-0.25, -0.2) is 4.79 Å². The SMILES string of the molecule is CC[C@H](C)[C@@H](CO)NC(=O)[C@H](CC(C)C)NC(=O)OC(C)(C)C. The Hall–Kier alpha value is -1.30. The molecule has 0 radical (unpaired) electrons. The first-order valence-corrected chi connectivity index (χ1v) is 8.40. The van der Waals surface area contributed by atoms with Crippen molar-refractivity contribution in [2.24, 2.45) is 11.8 Å². The van der Waals surface area contributed by atoms with Crippen LogP contribution in [-0.4, -0.2) is 41.4 Å². The molecule has 23 heavy (non-hydrogen) atoms. The van der Waals surface area contributed by atoms with Crippen molar-refractivity contribution in [1.82, 2.24) is 10.6 Å². The maximum Gasteiger partial charge on any atom is 0.408 e. The molecule has 0 fully saturated rings. The first-order chi connectivity index (χ1) is 10.5. The fourth-order valence-electron chi connectivity index (χ4n) is 2.09. The van der Waals surface area contributed by atoms with Crippen LogP contribution in [-0.2, 0) is 9.53 Å². The first kappa shape index (κ1) is 21.7. The van der Waals surface area contributed by atoms with E-state index in [1.165, 1.54) is 0 Å². The Bertz CT molecular complexity index is 377. The number of alkyl carbamates (subject to hydrolysis) is 1. The van der Waals surface area contributed by atoms with Crippen LogP contribution in [0.25, 0.3) is 0 Å². The van der Waals surface area contributed by atoms with Crippen molar-refractivity contribution in [1.29, 1.82) is 0 Å². The third-order valence-corrected chi connectivity index (χ3v) is 3.57. The number of ether oxygens (including phenoxy) is 1. The lowest BCUT2D eigenvalue weighted by molar-refractivity contribution is -0.125. The maximum absolute atomic E-state index is 12.5. The highest BCUT2D eigenvalue weighted by Gasteiger charge is 2.27. The number of nitrogens with one attached hydrogen (secondary N) is 2. The van der Waals surface area contributed by atoms with E-state index in [0.29, 0.717) is 6.42 Å². The molecule has 3 atom stereocenters. The summed E-state index contributed by atoms with van der Waals surface area (Å²) >= 11 is 0. The number of amides is 2. The molecule has 0 saturated carbocycles. The van der Waals surface area contributed by atoms with Crippen LogP contribution < -0.4 is 10.6 Å². The number of aliphatic hydroxyl groups excluding tert-OH is 1. The lowest BCUT2D eigenvalue weighted by atomic mass is 9.98. The first-order valence-electron chi connectivity index (χ1n) is 8.40. The van der Waals surface area contributed by atoms with Crippen LogP contribution in [0.5, 0.6) is 0 Å². The smallest absolute Gasteiger partial charge is 0.408 e. The second-order valence-electron chi connectivity index (χ2n) is 7.51. The van der Waals surface area contributed by atoms with Crippen molar-refractivity contribution in [2.45, 2.75) is 79.0 Å². The molecule has 0 aliphatic rings. The number of hydrogen-bond donors (Lipinski definition) is 3. The monoisotopic (exact) mass is 330 g/mol. The molecule has 0 rings (SSSR count). The standard InChI is InChI=1S/C17H34N2O4/c1-8-12(4)14(10-20)18-15(21)13(9-11(2)3)19-16(22)23-17(5,6)7/h11-14,20H,8-10H2,1-7H3,(H,18,21)(H,19,22)/t12-,13-,14+/m0/s1. The molecule has 0 spiro atoms. The van der Waals surface area contributed by atoms with E-state index >= 15 is 0 Å². The van der Waals surface area contributed by atoms with E-state index in [9.17, 15) is 14.7 Å². The van der Waals surface area contributed by atoms with Gasteiger partial charge in [0.05, 0.1) is 12.6 Å². The molecule has 0 aromatic heterocycles. The van der Waals surface area contributed by atoms with E-state index in [1.54, 1.807) is 20.8 Å². The van der Waals surface area contributed by atoms with Crippen LogP contribution >= 0.6 is 0 Å². The molecule has 6 heteroatoms. The maximum atomic E-state index is 12.5. The third-order valence-electron chi connectivity index (χ3n) is 3.57. The quantitative estimate of drug-likeness (QED) is 0.638. The van der Waals surface area contributed by atoms with Crippen LogP contribution in [0.4, 0.5) is 4.79 Å². The second kappa shape index (κ2) is 9.75. The number of aliphatic hydroxyl groups is 1. The van der Waals surface area contributed by atoms with Gasteiger partial charge >= 0.3 is 6.09 Å². The van der Waals surface area contributed by atoms with Gasteiger partial charge in [0, 0.05) is 0 Å². The Morgan fingerprint density at radius 3 is 2.09 bits per heavy atom. The van der Waals surface area contributed by atoms with E-state index < -0.39 is 17.7 Å². The lowest BCUT2D eigenvalue weighted by Crippen LogP contribution is -2.53. The molecule has 0 heterocycles. The van der Waals surface area contributed by atoms with Crippen molar-refractivity contribution in [3.8, 4) is 0 Å². The Morgan fingerprint density at radius 2 is 1.70 bits per heavy atom. The average Bonchev–Trinajstić information content (AvgIpc) is 2.40. The van der Waals surface area contributed by atoms with Crippen LogP contribution in [0, 0.1) is 11.8 Å². The molecular weight excluding hydrogens is 296 g/mol. The molecule has 0 unspecified atom stereocenters. The minimum Gasteiger partial charge on any atom is -0.444 e. The molecule has 2 amide bonds. The van der Waals surface area contributed by atoms with Crippen LogP contribution in [0.15, 0.2) is 0 Å². The van der Waals surface area contributed by atoms with Crippen LogP contribution in [0.3, 0.4) is 0 Å². The van der Waals surface area contributed by atoms with Gasteiger partial charge in [-0.1, -0.05) is 34.1 Å². The predicted molar refractivity (Wildman–Crippen MR) is 91.1 cm³/mol. The zero-order valence-electron chi connectivity index (χ0n) is 15.6. The number of carbonyl (C=O) groups is 2. The topological polar surface area (TPSA) is 87.7 Å². The van der Waals surface area contributed by atoms with Crippen molar-refractivity contribution in [3.05, 3.63) is 0 Å². The van der Waals surface area contributed by atoms with Gasteiger partial charge in [0.2, 0.25) is 5.91 Å². The Balaban J connectivity index is 4.88. The van der Waals surface area contributed by atoms with Gasteiger partial charge in [-0.05, 0) is 39.0 Å². The summed E-state index contributed by atoms with van der Waals surface area (Å²) in [6, 6.07) is -0.995. The van der Waals surface area contributed by atoms with Crippen molar-refractivity contribution in [3.63, 3.8) is 0 Å². The fourth-order valence-corrected chi connectivity index (χ4v) is 2.09. The minimum absolute atomic E-state index is 0.123. The molecule has 0 aliphatic heterocycles. The summed E-state index contributed by atoms with van der Waals surface area (Å²) in [5.41, 5.74) is -0.618. The van der Waals surface area contributed by atoms with Gasteiger partial charge in [-0.15, -0.1) is 0 Å². The van der Waals surface area contributed by atoms with Gasteiger partial charge in [0.15, 0.2) is 0 Å². The highest BCUT2D eigenvalue weighted by atomic mass is 16.6. The van der Waals surface area contributed by atoms with Gasteiger partial charge < -0.3 is 20.5 Å². The molecule has 0 aromatic rings. The van der Waals surface area contributed by atoms with E-state index in [0.717, 1.165) is 6.42 Å². The normalized spacial score (nSPS) is 15.7. The Kier molecular flexibility index (Phi) is 9.20. The summed E-state index contributed by atoms with van der Waals surface area (Å²) in [6.07, 6.45) is 0.742. The van der Waals surface area contributed by atoms with Crippen molar-refractivity contribution in [2.75, 3.05) is 6.61 Å². The summed E-state index contributed by atoms with van der Waals surface area (Å²) in [5, 5.41) is 14.9. The Labute approximate surface area is 140 Å². The largest absolute Gasteiger partial charge is 0.444 e. The molecule has 0 saturated heterocycles. The number of rotatable bonds is 8. The molecule has 0 aromatic carbocycles. The minimum atomic E-state index is -0.678. The molecular formula is C17H34N2O4. The molecule has 0 bridgehead atoms. The molecule has 3 N–H and O–H groups in total. The molecule has 0 aliphatic carbocycles. The zero-order chi connectivity index (χ0) is 18.2. The predicted octanol–water partition coefficient (Wildman–Crippen LogP) is 2.45. The fraction of sp³-hybridized carbons (Fsp3) is 0.882. The Morgan fingerprint density at radius 1 is 1.13 bits per heavy atom. The highest BCUT2D eigenvalue weighted by Crippen LogP contribution is 2.11. The van der Waals surface area contributed by atoms with Crippen LogP contribution in [0.1, 0.15) is 61.3 Å². The van der Waals surface area contributed by atoms with Crippen molar-refractivity contribution >= 4 is 12.0 Å². The zero-order valence-corrected chi connectivity index (χ0v) is 15.6. The van der Waals surface area contributed by atoms with E-state index in [2.05, 4.69) is 10.6 Å². The van der Waals surface area contributed by atoms with E-state index in [1.807, 2.05) is 27.7 Å². The summed E-state index contributed by atoms with van der Waals surface area (Å²) < 4.78 is 5.22. The second-order valence-corrected chi connectivity index (χ2v) is 7.51. The van der Waals surface area contributed by atoms with Gasteiger partial charge in [0.1, 0.15) is 11.6 Å². The summed E-state index contributed by atoms with van der Waals surface area (Å²) in [7, 11) is 0. The van der Waals surface area contributed by atoms with E-state index in [4.69, 9.17) is 4.74 Å². The number of hydrogen-bond acceptors (Lipinski definition) is 4. The number of carbonyl (C=O) groups excluding carboxylic acids is 2. The van der Waals surface area contributed by atoms with E-state index in [-0.39, 0.29) is 30.4 Å². The van der Waals surface area contributed by atoms with Crippen molar-refractivity contribution < 1.29 is 19.4 Å². The summed E-state index contributed by atoms with van der Waals surface area (Å²) in [4.78, 5) is 24.4. The highest BCUT2D eigenvalue weighted by molar-refractivity contribution is 5.85. The molecule has 136 valence electrons. The third kappa shape index (κ3) is 9.43. The molecule has 6 nitrogen and oxygen atoms in total. The lowest BCUT2D eigenvalue weighted by Gasteiger charge is -2.27. The average molecular weight is 330 g/mol. The summed E-state index contributed by atoms with van der Waals surface area (Å²) in [5.74, 6) is 0.103. The van der Waals surface area contributed by atoms with Gasteiger partial charge in [-0.3, -0.25) is 4.79 Å². The van der Waals surface area contributed by atoms with Gasteiger partial charge in [0.25, 0.3) is 0 Å². The van der Waals surface area contributed by atoms with Crippen LogP contribution in [0.2, 0.25) is 0 Å². The summed E-state index contributed by atoms with van der Waals surface area (Å²) in [6.45, 7) is 13.1. The van der Waals surface area contributed by atoms with Gasteiger partial charge in [-0.2, -0.15) is 0 Å².